The van der Waals surface area contributed by atoms with E-state index in [0.29, 0.717) is 12.0 Å². The summed E-state index contributed by atoms with van der Waals surface area (Å²) in [5.74, 6) is 1.47. The first-order valence-electron chi connectivity index (χ1n) is 6.77. The summed E-state index contributed by atoms with van der Waals surface area (Å²) in [4.78, 5) is 0. The Hall–Kier alpha value is -1.55. The van der Waals surface area contributed by atoms with Crippen molar-refractivity contribution in [1.82, 2.24) is 15.0 Å². The maximum absolute atomic E-state index is 5.21. The molecule has 0 saturated heterocycles. The molecule has 0 aliphatic rings. The zero-order valence-corrected chi connectivity index (χ0v) is 12.4. The van der Waals surface area contributed by atoms with Crippen LogP contribution >= 0.6 is 0 Å². The van der Waals surface area contributed by atoms with Gasteiger partial charge in [-0.1, -0.05) is 19.0 Å². The summed E-state index contributed by atoms with van der Waals surface area (Å²) in [5, 5.41) is 7.37. The van der Waals surface area contributed by atoms with Crippen LogP contribution in [0.3, 0.4) is 0 Å². The third-order valence-electron chi connectivity index (χ3n) is 3.63. The van der Waals surface area contributed by atoms with Gasteiger partial charge in [-0.05, 0) is 38.4 Å². The van der Waals surface area contributed by atoms with E-state index in [2.05, 4.69) is 47.3 Å². The second-order valence-corrected chi connectivity index (χ2v) is 5.43. The van der Waals surface area contributed by atoms with E-state index in [1.54, 1.807) is 0 Å². The average Bonchev–Trinajstić information content (AvgIpc) is 2.92. The summed E-state index contributed by atoms with van der Waals surface area (Å²) < 4.78 is 7.39. The second kappa shape index (κ2) is 5.61. The molecule has 0 amide bonds. The van der Waals surface area contributed by atoms with Crippen LogP contribution in [0.2, 0.25) is 0 Å². The molecule has 0 aliphatic carbocycles. The molecule has 104 valence electrons. The normalized spacial score (nSPS) is 13.2. The number of hydrogen-bond donors (Lipinski definition) is 1. The van der Waals surface area contributed by atoms with Crippen LogP contribution in [0, 0.1) is 19.8 Å². The molecule has 4 nitrogen and oxygen atoms in total. The van der Waals surface area contributed by atoms with Crippen LogP contribution in [0.1, 0.15) is 42.5 Å². The van der Waals surface area contributed by atoms with E-state index in [0.717, 1.165) is 18.0 Å². The van der Waals surface area contributed by atoms with Gasteiger partial charge in [0, 0.05) is 24.0 Å². The summed E-state index contributed by atoms with van der Waals surface area (Å²) >= 11 is 0. The van der Waals surface area contributed by atoms with Crippen LogP contribution in [0.15, 0.2) is 23.0 Å². The van der Waals surface area contributed by atoms with Crippen molar-refractivity contribution in [3.05, 3.63) is 41.0 Å². The topological polar surface area (TPSA) is 43.0 Å². The summed E-state index contributed by atoms with van der Waals surface area (Å²) in [6.07, 6.45) is 4.32. The van der Waals surface area contributed by atoms with Gasteiger partial charge in [-0.25, -0.2) is 0 Å². The average molecular weight is 261 g/mol. The van der Waals surface area contributed by atoms with Gasteiger partial charge in [-0.2, -0.15) is 0 Å². The van der Waals surface area contributed by atoms with E-state index in [-0.39, 0.29) is 0 Å². The molecule has 0 radical (unpaired) electrons. The van der Waals surface area contributed by atoms with Crippen LogP contribution < -0.4 is 5.32 Å². The molecule has 0 fully saturated rings. The molecule has 2 aromatic heterocycles. The second-order valence-electron chi connectivity index (χ2n) is 5.43. The van der Waals surface area contributed by atoms with Crippen LogP contribution in [0.5, 0.6) is 0 Å². The molecule has 0 spiro atoms. The highest BCUT2D eigenvalue weighted by molar-refractivity contribution is 5.23. The maximum Gasteiger partial charge on any atom is 0.138 e. The van der Waals surface area contributed by atoms with Crippen molar-refractivity contribution in [2.75, 3.05) is 7.05 Å². The first-order chi connectivity index (χ1) is 9.02. The van der Waals surface area contributed by atoms with Crippen molar-refractivity contribution in [2.24, 2.45) is 5.92 Å². The van der Waals surface area contributed by atoms with E-state index < -0.39 is 0 Å². The molecule has 19 heavy (non-hydrogen) atoms. The SMILES string of the molecule is CNC(c1ccn(Cc2c(C)noc2C)c1)C(C)C. The largest absolute Gasteiger partial charge is 0.361 e. The van der Waals surface area contributed by atoms with Crippen molar-refractivity contribution in [3.8, 4) is 0 Å². The minimum Gasteiger partial charge on any atom is -0.361 e. The van der Waals surface area contributed by atoms with E-state index in [4.69, 9.17) is 4.52 Å². The lowest BCUT2D eigenvalue weighted by atomic mass is 9.99. The Morgan fingerprint density at radius 3 is 2.63 bits per heavy atom. The Morgan fingerprint density at radius 2 is 2.11 bits per heavy atom. The van der Waals surface area contributed by atoms with Gasteiger partial charge >= 0.3 is 0 Å². The molecule has 2 aromatic rings. The first-order valence-corrected chi connectivity index (χ1v) is 6.77. The minimum atomic E-state index is 0.394. The number of aromatic nitrogens is 2. The summed E-state index contributed by atoms with van der Waals surface area (Å²) in [7, 11) is 2.01. The molecule has 0 bridgehead atoms. The van der Waals surface area contributed by atoms with E-state index in [1.165, 1.54) is 11.1 Å². The molecule has 0 saturated carbocycles. The number of hydrogen-bond acceptors (Lipinski definition) is 3. The molecule has 0 aliphatic heterocycles. The fourth-order valence-electron chi connectivity index (χ4n) is 2.54. The predicted molar refractivity (Wildman–Crippen MR) is 76.1 cm³/mol. The van der Waals surface area contributed by atoms with Crippen molar-refractivity contribution < 1.29 is 4.52 Å². The van der Waals surface area contributed by atoms with Gasteiger partial charge in [0.05, 0.1) is 12.2 Å². The predicted octanol–water partition coefficient (Wildman–Crippen LogP) is 3.06. The Morgan fingerprint density at radius 1 is 1.37 bits per heavy atom. The highest BCUT2D eigenvalue weighted by Gasteiger charge is 2.15. The molecule has 1 atom stereocenters. The summed E-state index contributed by atoms with van der Waals surface area (Å²) in [5.41, 5.74) is 3.47. The zero-order chi connectivity index (χ0) is 14.0. The molecular formula is C15H23N3O. The number of aryl methyl sites for hydroxylation is 2. The molecule has 1 unspecified atom stereocenters. The van der Waals surface area contributed by atoms with E-state index in [9.17, 15) is 0 Å². The van der Waals surface area contributed by atoms with E-state index >= 15 is 0 Å². The van der Waals surface area contributed by atoms with Gasteiger partial charge in [-0.3, -0.25) is 0 Å². The quantitative estimate of drug-likeness (QED) is 0.899. The van der Waals surface area contributed by atoms with Gasteiger partial charge in [0.2, 0.25) is 0 Å². The number of nitrogens with one attached hydrogen (secondary N) is 1. The molecule has 0 aromatic carbocycles. The summed E-state index contributed by atoms with van der Waals surface area (Å²) in [6, 6.07) is 2.57. The zero-order valence-electron chi connectivity index (χ0n) is 12.4. The third kappa shape index (κ3) is 2.89. The van der Waals surface area contributed by atoms with Crippen LogP contribution in [-0.4, -0.2) is 16.8 Å². The monoisotopic (exact) mass is 261 g/mol. The lowest BCUT2D eigenvalue weighted by Gasteiger charge is -2.18. The molecule has 1 N–H and O–H groups in total. The molecule has 2 heterocycles. The van der Waals surface area contributed by atoms with Crippen molar-refractivity contribution >= 4 is 0 Å². The maximum atomic E-state index is 5.21. The fraction of sp³-hybridized carbons (Fsp3) is 0.533. The standard InChI is InChI=1S/C15H23N3O/c1-10(2)15(16-5)13-6-7-18(8-13)9-14-11(3)17-19-12(14)4/h6-8,10,15-16H,9H2,1-5H3. The first kappa shape index (κ1) is 13.9. The van der Waals surface area contributed by atoms with Crippen LogP contribution in [0.4, 0.5) is 0 Å². The number of rotatable bonds is 5. The highest BCUT2D eigenvalue weighted by Crippen LogP contribution is 2.22. The molecular weight excluding hydrogens is 238 g/mol. The number of nitrogens with zero attached hydrogens (tertiary/aromatic N) is 2. The molecule has 2 rings (SSSR count). The van der Waals surface area contributed by atoms with Gasteiger partial charge in [0.15, 0.2) is 0 Å². The Labute approximate surface area is 114 Å². The smallest absolute Gasteiger partial charge is 0.138 e. The Balaban J connectivity index is 2.18. The van der Waals surface area contributed by atoms with Crippen LogP contribution in [0.25, 0.3) is 0 Å². The van der Waals surface area contributed by atoms with Gasteiger partial charge in [-0.15, -0.1) is 0 Å². The fourth-order valence-corrected chi connectivity index (χ4v) is 2.54. The third-order valence-corrected chi connectivity index (χ3v) is 3.63. The van der Waals surface area contributed by atoms with Crippen molar-refractivity contribution in [3.63, 3.8) is 0 Å². The van der Waals surface area contributed by atoms with Crippen LogP contribution in [-0.2, 0) is 6.54 Å². The minimum absolute atomic E-state index is 0.394. The lowest BCUT2D eigenvalue weighted by molar-refractivity contribution is 0.392. The van der Waals surface area contributed by atoms with Gasteiger partial charge in [0.1, 0.15) is 5.76 Å². The Bertz CT molecular complexity index is 520. The van der Waals surface area contributed by atoms with Crippen molar-refractivity contribution in [2.45, 2.75) is 40.3 Å². The summed E-state index contributed by atoms with van der Waals surface area (Å²) in [6.45, 7) is 9.22. The molecule has 4 heteroatoms. The highest BCUT2D eigenvalue weighted by atomic mass is 16.5. The lowest BCUT2D eigenvalue weighted by Crippen LogP contribution is -2.21. The van der Waals surface area contributed by atoms with Crippen molar-refractivity contribution in [1.29, 1.82) is 0 Å². The van der Waals surface area contributed by atoms with Gasteiger partial charge < -0.3 is 14.4 Å². The van der Waals surface area contributed by atoms with E-state index in [1.807, 2.05) is 20.9 Å². The Kier molecular flexibility index (Phi) is 4.10. The van der Waals surface area contributed by atoms with Gasteiger partial charge in [0.25, 0.3) is 0 Å².